The van der Waals surface area contributed by atoms with Crippen LogP contribution in [0.3, 0.4) is 0 Å². The van der Waals surface area contributed by atoms with Gasteiger partial charge in [-0.3, -0.25) is 9.69 Å². The average molecular weight is 336 g/mol. The molecule has 3 rings (SSSR count). The van der Waals surface area contributed by atoms with Crippen LogP contribution in [-0.2, 0) is 13.1 Å². The number of carbonyl (C=O) groups is 1. The SMILES string of the molecule is Cc1cc(CN(C)CC(=O)c2cn(CCC#N)c3ccccc23)no1. The van der Waals surface area contributed by atoms with Crippen molar-refractivity contribution in [3.8, 4) is 6.07 Å². The maximum Gasteiger partial charge on any atom is 0.178 e. The van der Waals surface area contributed by atoms with Crippen LogP contribution in [0.25, 0.3) is 10.9 Å². The van der Waals surface area contributed by atoms with Crippen LogP contribution in [0.1, 0.15) is 28.2 Å². The number of likely N-dealkylation sites (N-methyl/N-ethyl adjacent to an activating group) is 1. The van der Waals surface area contributed by atoms with Gasteiger partial charge in [-0.25, -0.2) is 0 Å². The molecule has 0 amide bonds. The van der Waals surface area contributed by atoms with Crippen LogP contribution in [0.4, 0.5) is 0 Å². The average Bonchev–Trinajstić information content (AvgIpc) is 3.16. The fraction of sp³-hybridized carbons (Fsp3) is 0.316. The van der Waals surface area contributed by atoms with Gasteiger partial charge in [0.25, 0.3) is 0 Å². The number of hydrogen-bond donors (Lipinski definition) is 0. The predicted octanol–water partition coefficient (Wildman–Crippen LogP) is 3.17. The fourth-order valence-electron chi connectivity index (χ4n) is 2.98. The first-order valence-corrected chi connectivity index (χ1v) is 8.17. The lowest BCUT2D eigenvalue weighted by atomic mass is 10.1. The Bertz CT molecular complexity index is 932. The molecule has 6 nitrogen and oxygen atoms in total. The zero-order valence-corrected chi connectivity index (χ0v) is 14.4. The number of para-hydroxylation sites is 1. The van der Waals surface area contributed by atoms with E-state index in [1.807, 2.05) is 60.0 Å². The van der Waals surface area contributed by atoms with E-state index in [9.17, 15) is 4.79 Å². The van der Waals surface area contributed by atoms with E-state index < -0.39 is 0 Å². The molecule has 25 heavy (non-hydrogen) atoms. The van der Waals surface area contributed by atoms with Crippen LogP contribution in [-0.4, -0.2) is 34.0 Å². The van der Waals surface area contributed by atoms with Gasteiger partial charge >= 0.3 is 0 Å². The van der Waals surface area contributed by atoms with Crippen molar-refractivity contribution in [2.75, 3.05) is 13.6 Å². The minimum absolute atomic E-state index is 0.0506. The molecule has 3 aromatic rings. The lowest BCUT2D eigenvalue weighted by Gasteiger charge is -2.13. The second kappa shape index (κ2) is 7.32. The molecule has 2 aromatic heterocycles. The van der Waals surface area contributed by atoms with Crippen LogP contribution < -0.4 is 0 Å². The maximum absolute atomic E-state index is 12.8. The van der Waals surface area contributed by atoms with E-state index in [1.165, 1.54) is 0 Å². The molecule has 6 heteroatoms. The molecule has 128 valence electrons. The molecule has 0 radical (unpaired) electrons. The molecular formula is C19H20N4O2. The van der Waals surface area contributed by atoms with Crippen LogP contribution >= 0.6 is 0 Å². The number of hydrogen-bond acceptors (Lipinski definition) is 5. The highest BCUT2D eigenvalue weighted by Crippen LogP contribution is 2.22. The van der Waals surface area contributed by atoms with E-state index in [1.54, 1.807) is 0 Å². The molecule has 0 atom stereocenters. The molecule has 0 saturated carbocycles. The first-order chi connectivity index (χ1) is 12.1. The zero-order chi connectivity index (χ0) is 17.8. The maximum atomic E-state index is 12.8. The molecule has 0 unspecified atom stereocenters. The van der Waals surface area contributed by atoms with Crippen LogP contribution in [0.15, 0.2) is 41.1 Å². The van der Waals surface area contributed by atoms with E-state index in [4.69, 9.17) is 9.78 Å². The largest absolute Gasteiger partial charge is 0.361 e. The van der Waals surface area contributed by atoms with Gasteiger partial charge in [-0.05, 0) is 20.0 Å². The standard InChI is InChI=1S/C19H20N4O2/c1-14-10-15(21-25-14)11-22(2)13-19(24)17-12-23(9-5-8-20)18-7-4-3-6-16(17)18/h3-4,6-7,10,12H,5,9,11,13H2,1-2H3. The number of nitrogens with zero attached hydrogens (tertiary/aromatic N) is 4. The van der Waals surface area contributed by atoms with E-state index in [0.717, 1.165) is 22.4 Å². The molecule has 0 aliphatic rings. The first kappa shape index (κ1) is 16.9. The van der Waals surface area contributed by atoms with Gasteiger partial charge in [0.05, 0.1) is 24.7 Å². The summed E-state index contributed by atoms with van der Waals surface area (Å²) in [6, 6.07) is 11.8. The van der Waals surface area contributed by atoms with Crippen LogP contribution in [0.5, 0.6) is 0 Å². The number of aromatic nitrogens is 2. The Morgan fingerprint density at radius 1 is 1.40 bits per heavy atom. The van der Waals surface area contributed by atoms with Crippen molar-refractivity contribution in [2.24, 2.45) is 0 Å². The van der Waals surface area contributed by atoms with Gasteiger partial charge in [0.1, 0.15) is 5.76 Å². The summed E-state index contributed by atoms with van der Waals surface area (Å²) in [6.45, 7) is 3.27. The number of benzene rings is 1. The molecule has 0 N–H and O–H groups in total. The lowest BCUT2D eigenvalue weighted by Crippen LogP contribution is -2.25. The molecular weight excluding hydrogens is 316 g/mol. The summed E-state index contributed by atoms with van der Waals surface area (Å²) >= 11 is 0. The third kappa shape index (κ3) is 3.78. The summed E-state index contributed by atoms with van der Waals surface area (Å²) in [5, 5.41) is 13.7. The summed E-state index contributed by atoms with van der Waals surface area (Å²) in [6.07, 6.45) is 2.27. The Balaban J connectivity index is 1.78. The summed E-state index contributed by atoms with van der Waals surface area (Å²) in [5.41, 5.74) is 2.48. The summed E-state index contributed by atoms with van der Waals surface area (Å²) in [5.74, 6) is 0.810. The fourth-order valence-corrected chi connectivity index (χ4v) is 2.98. The Hall–Kier alpha value is -2.91. The van der Waals surface area contributed by atoms with Gasteiger partial charge < -0.3 is 9.09 Å². The Labute approximate surface area is 146 Å². The van der Waals surface area contributed by atoms with Crippen LogP contribution in [0.2, 0.25) is 0 Å². The van der Waals surface area contributed by atoms with E-state index in [2.05, 4.69) is 11.2 Å². The van der Waals surface area contributed by atoms with Crippen molar-refractivity contribution in [2.45, 2.75) is 26.4 Å². The molecule has 0 saturated heterocycles. The van der Waals surface area contributed by atoms with Crippen LogP contribution in [0, 0.1) is 18.3 Å². The molecule has 0 fully saturated rings. The Kier molecular flexibility index (Phi) is 4.96. The van der Waals surface area contributed by atoms with Crippen molar-refractivity contribution < 1.29 is 9.32 Å². The Morgan fingerprint density at radius 2 is 2.20 bits per heavy atom. The predicted molar refractivity (Wildman–Crippen MR) is 94.1 cm³/mol. The normalized spacial score (nSPS) is 11.1. The quantitative estimate of drug-likeness (QED) is 0.620. The minimum Gasteiger partial charge on any atom is -0.361 e. The molecule has 0 aliphatic carbocycles. The second-order valence-corrected chi connectivity index (χ2v) is 6.19. The minimum atomic E-state index is 0.0506. The topological polar surface area (TPSA) is 75.1 Å². The van der Waals surface area contributed by atoms with Crippen molar-refractivity contribution in [1.82, 2.24) is 14.6 Å². The number of carbonyl (C=O) groups excluding carboxylic acids is 1. The number of nitriles is 1. The molecule has 0 bridgehead atoms. The zero-order valence-electron chi connectivity index (χ0n) is 14.4. The van der Waals surface area contributed by atoms with Crippen molar-refractivity contribution >= 4 is 16.7 Å². The van der Waals surface area contributed by atoms with Gasteiger partial charge in [-0.2, -0.15) is 5.26 Å². The highest BCUT2D eigenvalue weighted by Gasteiger charge is 2.17. The van der Waals surface area contributed by atoms with E-state index in [0.29, 0.717) is 25.1 Å². The number of ketones is 1. The molecule has 1 aromatic carbocycles. The number of aryl methyl sites for hydroxylation is 2. The van der Waals surface area contributed by atoms with Gasteiger partial charge in [-0.1, -0.05) is 23.4 Å². The number of rotatable bonds is 7. The van der Waals surface area contributed by atoms with Gasteiger partial charge in [0.2, 0.25) is 0 Å². The molecule has 0 spiro atoms. The molecule has 0 aliphatic heterocycles. The van der Waals surface area contributed by atoms with Crippen molar-refractivity contribution in [1.29, 1.82) is 5.26 Å². The lowest BCUT2D eigenvalue weighted by molar-refractivity contribution is 0.0943. The van der Waals surface area contributed by atoms with E-state index >= 15 is 0 Å². The van der Waals surface area contributed by atoms with E-state index in [-0.39, 0.29) is 12.3 Å². The van der Waals surface area contributed by atoms with Gasteiger partial charge in [-0.15, -0.1) is 0 Å². The van der Waals surface area contributed by atoms with Gasteiger partial charge in [0, 0.05) is 41.8 Å². The van der Waals surface area contributed by atoms with Crippen molar-refractivity contribution in [3.05, 3.63) is 53.5 Å². The monoisotopic (exact) mass is 336 g/mol. The smallest absolute Gasteiger partial charge is 0.178 e. The van der Waals surface area contributed by atoms with Gasteiger partial charge in [0.15, 0.2) is 5.78 Å². The third-order valence-corrected chi connectivity index (χ3v) is 4.08. The number of Topliss-reactive ketones (excluding diaryl/α,β-unsaturated/α-hetero) is 1. The summed E-state index contributed by atoms with van der Waals surface area (Å²) < 4.78 is 7.04. The molecule has 2 heterocycles. The summed E-state index contributed by atoms with van der Waals surface area (Å²) in [7, 11) is 1.89. The summed E-state index contributed by atoms with van der Waals surface area (Å²) in [4.78, 5) is 14.7. The Morgan fingerprint density at radius 3 is 2.92 bits per heavy atom. The highest BCUT2D eigenvalue weighted by atomic mass is 16.5. The highest BCUT2D eigenvalue weighted by molar-refractivity contribution is 6.09. The third-order valence-electron chi connectivity index (χ3n) is 4.08. The second-order valence-electron chi connectivity index (χ2n) is 6.19. The first-order valence-electron chi connectivity index (χ1n) is 8.17. The number of fused-ring (bicyclic) bond motifs is 1. The van der Waals surface area contributed by atoms with Crippen molar-refractivity contribution in [3.63, 3.8) is 0 Å².